The van der Waals surface area contributed by atoms with Gasteiger partial charge in [0.2, 0.25) is 5.91 Å². The topological polar surface area (TPSA) is 307 Å². The average Bonchev–Trinajstić information content (AvgIpc) is 0.787. The van der Waals surface area contributed by atoms with Crippen molar-refractivity contribution in [2.75, 3.05) is 26.4 Å². The van der Waals surface area contributed by atoms with Gasteiger partial charge < -0.3 is 89.9 Å². The van der Waals surface area contributed by atoms with Crippen LogP contribution in [0.15, 0.2) is 24.3 Å². The number of unbranched alkanes of at least 4 members (excludes halogenated alkanes) is 43. The molecule has 3 saturated heterocycles. The van der Waals surface area contributed by atoms with Gasteiger partial charge in [-0.15, -0.1) is 0 Å². The smallest absolute Gasteiger partial charge is 0.220 e. The minimum absolute atomic E-state index is 0.241. The molecule has 1 amide bonds. The third-order valence-corrected chi connectivity index (χ3v) is 19.5. The molecule has 0 aromatic heterocycles. The molecule has 19 heteroatoms. The van der Waals surface area contributed by atoms with Crippen LogP contribution < -0.4 is 5.32 Å². The number of carbonyl (C=O) groups excluding carboxylic acids is 1. The number of hydrogen-bond donors (Lipinski definition) is 12. The van der Waals surface area contributed by atoms with Crippen molar-refractivity contribution in [1.82, 2.24) is 5.32 Å². The Hall–Kier alpha value is -1.73. The van der Waals surface area contributed by atoms with Crippen LogP contribution in [0.4, 0.5) is 0 Å². The largest absolute Gasteiger partial charge is 0.394 e. The number of aliphatic hydroxyl groups excluding tert-OH is 11. The lowest BCUT2D eigenvalue weighted by atomic mass is 9.96. The van der Waals surface area contributed by atoms with Crippen LogP contribution in [0, 0.1) is 0 Å². The van der Waals surface area contributed by atoms with E-state index in [0.29, 0.717) is 12.8 Å². The van der Waals surface area contributed by atoms with Crippen LogP contribution in [0.1, 0.15) is 316 Å². The fraction of sp³-hybridized carbons (Fsp3) is 0.933. The lowest BCUT2D eigenvalue weighted by Crippen LogP contribution is -2.66. The monoisotopic (exact) mass is 1340 g/mol. The second-order valence-electron chi connectivity index (χ2n) is 27.8. The van der Waals surface area contributed by atoms with Crippen LogP contribution >= 0.6 is 0 Å². The van der Waals surface area contributed by atoms with E-state index < -0.39 is 124 Å². The highest BCUT2D eigenvalue weighted by Gasteiger charge is 2.53. The number of hydrogen-bond acceptors (Lipinski definition) is 18. The molecule has 0 aliphatic carbocycles. The molecular weight excluding hydrogens is 1200 g/mol. The van der Waals surface area contributed by atoms with E-state index in [0.717, 1.165) is 38.5 Å². The molecule has 3 heterocycles. The number of aliphatic hydroxyl groups is 11. The summed E-state index contributed by atoms with van der Waals surface area (Å²) in [7, 11) is 0. The summed E-state index contributed by atoms with van der Waals surface area (Å²) in [5.41, 5.74) is 0. The molecule has 3 rings (SSSR count). The van der Waals surface area contributed by atoms with Crippen molar-refractivity contribution in [3.05, 3.63) is 24.3 Å². The summed E-state index contributed by atoms with van der Waals surface area (Å²) in [6.07, 6.45) is 40.4. The summed E-state index contributed by atoms with van der Waals surface area (Å²) < 4.78 is 34.4. The number of amides is 1. The average molecular weight is 1340 g/mol. The van der Waals surface area contributed by atoms with Crippen LogP contribution in [0.25, 0.3) is 0 Å². The van der Waals surface area contributed by atoms with E-state index in [4.69, 9.17) is 28.4 Å². The molecule has 17 atom stereocenters. The van der Waals surface area contributed by atoms with Crippen LogP contribution in [0.3, 0.4) is 0 Å². The normalized spacial score (nSPS) is 27.4. The molecule has 554 valence electrons. The van der Waals surface area contributed by atoms with Gasteiger partial charge in [-0.05, 0) is 32.1 Å². The van der Waals surface area contributed by atoms with E-state index in [-0.39, 0.29) is 18.9 Å². The maximum Gasteiger partial charge on any atom is 0.220 e. The molecule has 12 N–H and O–H groups in total. The van der Waals surface area contributed by atoms with E-state index in [1.165, 1.54) is 244 Å². The SMILES string of the molecule is CCCCCCCCCCCCC/C=C/CC/C=C/C(O)C(COC1OC(CO)C(OC2OC(CO)C(OC3OC(CO)C(O)C(O)C3O)C(O)C2O)C(O)C1O)NC(=O)CCCCCCCCCCCCCCCCCCCCCCCCCCCCCCCCCC. The summed E-state index contributed by atoms with van der Waals surface area (Å²) in [6, 6.07) is -0.987. The van der Waals surface area contributed by atoms with Crippen LogP contribution in [0.5, 0.6) is 0 Å². The molecule has 0 radical (unpaired) electrons. The molecule has 0 aromatic rings. The van der Waals surface area contributed by atoms with Gasteiger partial charge in [-0.3, -0.25) is 4.79 Å². The van der Waals surface area contributed by atoms with Crippen molar-refractivity contribution in [1.29, 1.82) is 0 Å². The first-order valence-corrected chi connectivity index (χ1v) is 38.6. The zero-order valence-corrected chi connectivity index (χ0v) is 59.0. The lowest BCUT2D eigenvalue weighted by molar-refractivity contribution is -0.379. The van der Waals surface area contributed by atoms with Crippen molar-refractivity contribution >= 4 is 5.91 Å². The van der Waals surface area contributed by atoms with Gasteiger partial charge in [-0.2, -0.15) is 0 Å². The van der Waals surface area contributed by atoms with E-state index in [9.17, 15) is 61.0 Å². The van der Waals surface area contributed by atoms with E-state index >= 15 is 0 Å². The minimum Gasteiger partial charge on any atom is -0.394 e. The number of rotatable bonds is 61. The van der Waals surface area contributed by atoms with Gasteiger partial charge in [-0.1, -0.05) is 301 Å². The van der Waals surface area contributed by atoms with Crippen molar-refractivity contribution in [2.45, 2.75) is 420 Å². The highest BCUT2D eigenvalue weighted by Crippen LogP contribution is 2.33. The van der Waals surface area contributed by atoms with Gasteiger partial charge in [0.05, 0.1) is 38.6 Å². The van der Waals surface area contributed by atoms with Crippen LogP contribution in [0.2, 0.25) is 0 Å². The summed E-state index contributed by atoms with van der Waals surface area (Å²) in [5, 5.41) is 121. The number of carbonyl (C=O) groups is 1. The molecule has 0 spiro atoms. The highest BCUT2D eigenvalue weighted by atomic mass is 16.8. The highest BCUT2D eigenvalue weighted by molar-refractivity contribution is 5.76. The molecule has 94 heavy (non-hydrogen) atoms. The van der Waals surface area contributed by atoms with Crippen LogP contribution in [-0.4, -0.2) is 193 Å². The summed E-state index contributed by atoms with van der Waals surface area (Å²) in [6.45, 7) is 1.76. The molecule has 3 fully saturated rings. The Bertz CT molecular complexity index is 1800. The summed E-state index contributed by atoms with van der Waals surface area (Å²) >= 11 is 0. The second kappa shape index (κ2) is 57.0. The maximum atomic E-state index is 13.4. The third kappa shape index (κ3) is 37.6. The molecule has 3 aliphatic heterocycles. The molecule has 19 nitrogen and oxygen atoms in total. The molecule has 0 bridgehead atoms. The quantitative estimate of drug-likeness (QED) is 0.0199. The molecule has 17 unspecified atom stereocenters. The standard InChI is InChI=1S/C75H141NO18/c1-3-5-7-9-11-13-15-17-19-21-22-23-24-25-26-27-28-29-30-31-32-33-34-35-37-39-41-43-45-47-49-51-53-63(81)76-58(59(80)52-50-48-46-44-42-40-38-36-20-18-16-14-12-10-8-6-4-2)57-89-73-69(87)66(84)71(61(55-78)91-73)94-75-70(88)67(85)72(62(56-79)92-75)93-74-68(86)65(83)64(82)60(54-77)90-74/h42,44,50,52,58-62,64-75,77-80,82-88H,3-41,43,45-49,51,53-57H2,1-2H3,(H,76,81)/b44-42+,52-50+. The molecule has 3 aliphatic rings. The summed E-state index contributed by atoms with van der Waals surface area (Å²) in [4.78, 5) is 13.4. The molecule has 0 saturated carbocycles. The summed E-state index contributed by atoms with van der Waals surface area (Å²) in [5.74, 6) is -0.279. The zero-order chi connectivity index (χ0) is 68.2. The Morgan fingerprint density at radius 3 is 1.06 bits per heavy atom. The number of nitrogens with one attached hydrogen (secondary N) is 1. The zero-order valence-electron chi connectivity index (χ0n) is 59.0. The van der Waals surface area contributed by atoms with Crippen molar-refractivity contribution in [3.63, 3.8) is 0 Å². The third-order valence-electron chi connectivity index (χ3n) is 19.5. The van der Waals surface area contributed by atoms with Gasteiger partial charge >= 0.3 is 0 Å². The van der Waals surface area contributed by atoms with E-state index in [1.807, 2.05) is 6.08 Å². The fourth-order valence-corrected chi connectivity index (χ4v) is 13.3. The van der Waals surface area contributed by atoms with Gasteiger partial charge in [0.25, 0.3) is 0 Å². The lowest BCUT2D eigenvalue weighted by Gasteiger charge is -2.48. The Balaban J connectivity index is 1.36. The predicted octanol–water partition coefficient (Wildman–Crippen LogP) is 11.8. The van der Waals surface area contributed by atoms with E-state index in [1.54, 1.807) is 6.08 Å². The van der Waals surface area contributed by atoms with Gasteiger partial charge in [0, 0.05) is 6.42 Å². The predicted molar refractivity (Wildman–Crippen MR) is 370 cm³/mol. The van der Waals surface area contributed by atoms with Crippen molar-refractivity contribution in [2.24, 2.45) is 0 Å². The van der Waals surface area contributed by atoms with Gasteiger partial charge in [0.15, 0.2) is 18.9 Å². The number of ether oxygens (including phenoxy) is 6. The Kier molecular flexibility index (Phi) is 52.4. The second-order valence-corrected chi connectivity index (χ2v) is 27.8. The van der Waals surface area contributed by atoms with Gasteiger partial charge in [-0.25, -0.2) is 0 Å². The van der Waals surface area contributed by atoms with E-state index in [2.05, 4.69) is 31.3 Å². The maximum absolute atomic E-state index is 13.4. The minimum atomic E-state index is -1.98. The Morgan fingerprint density at radius 2 is 0.681 bits per heavy atom. The number of allylic oxidation sites excluding steroid dienone is 3. The van der Waals surface area contributed by atoms with Gasteiger partial charge in [0.1, 0.15) is 73.2 Å². The first kappa shape index (κ1) is 86.5. The molecule has 0 aromatic carbocycles. The first-order valence-electron chi connectivity index (χ1n) is 38.6. The first-order chi connectivity index (χ1) is 45.8. The Labute approximate surface area is 568 Å². The van der Waals surface area contributed by atoms with Crippen LogP contribution in [-0.2, 0) is 33.2 Å². The van der Waals surface area contributed by atoms with Crippen molar-refractivity contribution in [3.8, 4) is 0 Å². The Morgan fingerprint density at radius 1 is 0.372 bits per heavy atom. The molecular formula is C75H141NO18. The van der Waals surface area contributed by atoms with Crippen molar-refractivity contribution < 1.29 is 89.4 Å². The fourth-order valence-electron chi connectivity index (χ4n) is 13.3.